The van der Waals surface area contributed by atoms with Crippen LogP contribution in [0.25, 0.3) is 0 Å². The molecule has 1 rings (SSSR count). The molecule has 4 nitrogen and oxygen atoms in total. The average Bonchev–Trinajstić information content (AvgIpc) is 2.18. The van der Waals surface area contributed by atoms with Crippen LogP contribution < -0.4 is 5.32 Å². The minimum absolute atomic E-state index is 0.367. The molecule has 1 fully saturated rings. The minimum atomic E-state index is -0.457. The quantitative estimate of drug-likeness (QED) is 0.697. The van der Waals surface area contributed by atoms with Crippen molar-refractivity contribution < 1.29 is 9.53 Å². The summed E-state index contributed by atoms with van der Waals surface area (Å²) in [5, 5.41) is 3.05. The van der Waals surface area contributed by atoms with Crippen LogP contribution in [0.15, 0.2) is 0 Å². The molecule has 0 aromatic carbocycles. The highest BCUT2D eigenvalue weighted by Gasteiger charge is 2.19. The Kier molecular flexibility index (Phi) is 4.81. The monoisotopic (exact) mass is 230 g/mol. The summed E-state index contributed by atoms with van der Waals surface area (Å²) in [4.78, 5) is 13.1. The standard InChI is InChI=1S/C10H18N2O2S/c1-3-14-10(13)11-9(15)12-6-4-8(2)5-7-12/h8H,3-7H2,1-2H3,(H,11,13,15). The van der Waals surface area contributed by atoms with Crippen molar-refractivity contribution in [1.29, 1.82) is 0 Å². The molecule has 1 N–H and O–H groups in total. The maximum Gasteiger partial charge on any atom is 0.413 e. The number of nitrogens with zero attached hydrogens (tertiary/aromatic N) is 1. The van der Waals surface area contributed by atoms with Gasteiger partial charge in [0.15, 0.2) is 5.11 Å². The Balaban J connectivity index is 2.31. The molecule has 1 aliphatic heterocycles. The lowest BCUT2D eigenvalue weighted by Crippen LogP contribution is -2.46. The van der Waals surface area contributed by atoms with Gasteiger partial charge in [-0.1, -0.05) is 6.92 Å². The molecular formula is C10H18N2O2S. The summed E-state index contributed by atoms with van der Waals surface area (Å²) in [5.41, 5.74) is 0. The number of thiocarbonyl (C=S) groups is 1. The van der Waals surface area contributed by atoms with Gasteiger partial charge in [0.05, 0.1) is 6.61 Å². The Bertz CT molecular complexity index is 238. The third kappa shape index (κ3) is 4.03. The first kappa shape index (κ1) is 12.2. The maximum absolute atomic E-state index is 11.1. The van der Waals surface area contributed by atoms with Gasteiger partial charge < -0.3 is 9.64 Å². The Morgan fingerprint density at radius 1 is 1.53 bits per heavy atom. The zero-order chi connectivity index (χ0) is 11.3. The largest absolute Gasteiger partial charge is 0.450 e. The summed E-state index contributed by atoms with van der Waals surface area (Å²) in [5.74, 6) is 0.756. The predicted octanol–water partition coefficient (Wildman–Crippen LogP) is 1.75. The van der Waals surface area contributed by atoms with E-state index in [1.54, 1.807) is 6.92 Å². The van der Waals surface area contributed by atoms with Crippen LogP contribution in [0.1, 0.15) is 26.7 Å². The van der Waals surface area contributed by atoms with Gasteiger partial charge in [0.1, 0.15) is 0 Å². The van der Waals surface area contributed by atoms with E-state index in [1.807, 2.05) is 4.90 Å². The molecule has 1 aliphatic rings. The molecule has 1 amide bonds. The molecule has 1 saturated heterocycles. The molecule has 15 heavy (non-hydrogen) atoms. The lowest BCUT2D eigenvalue weighted by atomic mass is 10.00. The van der Waals surface area contributed by atoms with Crippen LogP contribution in [0, 0.1) is 5.92 Å². The highest BCUT2D eigenvalue weighted by atomic mass is 32.1. The van der Waals surface area contributed by atoms with Crippen LogP contribution in [0.4, 0.5) is 4.79 Å². The van der Waals surface area contributed by atoms with E-state index in [9.17, 15) is 4.79 Å². The van der Waals surface area contributed by atoms with Crippen molar-refractivity contribution in [2.75, 3.05) is 19.7 Å². The molecule has 0 radical (unpaired) electrons. The molecule has 0 bridgehead atoms. The number of carbonyl (C=O) groups is 1. The highest BCUT2D eigenvalue weighted by molar-refractivity contribution is 7.80. The highest BCUT2D eigenvalue weighted by Crippen LogP contribution is 2.15. The van der Waals surface area contributed by atoms with Crippen molar-refractivity contribution in [3.8, 4) is 0 Å². The zero-order valence-electron chi connectivity index (χ0n) is 9.28. The van der Waals surface area contributed by atoms with E-state index < -0.39 is 6.09 Å². The van der Waals surface area contributed by atoms with Gasteiger partial charge in [-0.15, -0.1) is 0 Å². The van der Waals surface area contributed by atoms with E-state index in [0.29, 0.717) is 11.7 Å². The van der Waals surface area contributed by atoms with Gasteiger partial charge in [0, 0.05) is 13.1 Å². The lowest BCUT2D eigenvalue weighted by molar-refractivity contribution is 0.156. The predicted molar refractivity (Wildman–Crippen MR) is 62.7 cm³/mol. The molecule has 0 aromatic heterocycles. The third-order valence-corrected chi connectivity index (χ3v) is 2.92. The fourth-order valence-corrected chi connectivity index (χ4v) is 1.81. The molecule has 1 heterocycles. The summed E-state index contributed by atoms with van der Waals surface area (Å²) in [6.45, 7) is 6.22. The van der Waals surface area contributed by atoms with Crippen LogP contribution in [-0.2, 0) is 4.74 Å². The van der Waals surface area contributed by atoms with Gasteiger partial charge in [-0.25, -0.2) is 4.79 Å². The first-order chi connectivity index (χ1) is 7.13. The number of piperidine rings is 1. The second-order valence-electron chi connectivity index (χ2n) is 3.82. The zero-order valence-corrected chi connectivity index (χ0v) is 10.1. The third-order valence-electron chi connectivity index (χ3n) is 2.56. The number of nitrogens with one attached hydrogen (secondary N) is 1. The van der Waals surface area contributed by atoms with E-state index in [0.717, 1.165) is 31.8 Å². The number of ether oxygens (including phenoxy) is 1. The number of alkyl carbamates (subject to hydrolysis) is 1. The molecular weight excluding hydrogens is 212 g/mol. The van der Waals surface area contributed by atoms with Gasteiger partial charge in [-0.2, -0.15) is 0 Å². The van der Waals surface area contributed by atoms with Crippen molar-refractivity contribution in [1.82, 2.24) is 10.2 Å². The van der Waals surface area contributed by atoms with Crippen LogP contribution in [0.5, 0.6) is 0 Å². The van der Waals surface area contributed by atoms with Gasteiger partial charge in [0.2, 0.25) is 0 Å². The molecule has 0 unspecified atom stereocenters. The second kappa shape index (κ2) is 5.90. The van der Waals surface area contributed by atoms with Crippen molar-refractivity contribution in [3.63, 3.8) is 0 Å². The van der Waals surface area contributed by atoms with E-state index in [-0.39, 0.29) is 0 Å². The molecule has 0 aromatic rings. The van der Waals surface area contributed by atoms with Gasteiger partial charge >= 0.3 is 6.09 Å². The van der Waals surface area contributed by atoms with E-state index >= 15 is 0 Å². The maximum atomic E-state index is 11.1. The van der Waals surface area contributed by atoms with Crippen LogP contribution in [-0.4, -0.2) is 35.8 Å². The van der Waals surface area contributed by atoms with Crippen LogP contribution >= 0.6 is 12.2 Å². The first-order valence-corrected chi connectivity index (χ1v) is 5.77. The van der Waals surface area contributed by atoms with Gasteiger partial charge in [-0.3, -0.25) is 5.32 Å². The number of hydrogen-bond acceptors (Lipinski definition) is 3. The van der Waals surface area contributed by atoms with Crippen molar-refractivity contribution in [2.24, 2.45) is 5.92 Å². The molecule has 0 aliphatic carbocycles. The summed E-state index contributed by atoms with van der Waals surface area (Å²) in [6, 6.07) is 0. The molecule has 5 heteroatoms. The number of rotatable bonds is 1. The van der Waals surface area contributed by atoms with Crippen molar-refractivity contribution in [2.45, 2.75) is 26.7 Å². The van der Waals surface area contributed by atoms with Crippen LogP contribution in [0.2, 0.25) is 0 Å². The van der Waals surface area contributed by atoms with E-state index in [4.69, 9.17) is 17.0 Å². The van der Waals surface area contributed by atoms with Crippen molar-refractivity contribution >= 4 is 23.4 Å². The normalized spacial score (nSPS) is 17.3. The summed E-state index contributed by atoms with van der Waals surface area (Å²) < 4.78 is 4.76. The lowest BCUT2D eigenvalue weighted by Gasteiger charge is -2.31. The van der Waals surface area contributed by atoms with Crippen LogP contribution in [0.3, 0.4) is 0 Å². The first-order valence-electron chi connectivity index (χ1n) is 5.36. The van der Waals surface area contributed by atoms with E-state index in [1.165, 1.54) is 0 Å². The fourth-order valence-electron chi connectivity index (χ4n) is 1.55. The summed E-state index contributed by atoms with van der Waals surface area (Å²) >= 11 is 5.12. The Labute approximate surface area is 96.0 Å². The topological polar surface area (TPSA) is 41.6 Å². The Morgan fingerprint density at radius 2 is 2.13 bits per heavy atom. The fraction of sp³-hybridized carbons (Fsp3) is 0.800. The molecule has 0 spiro atoms. The van der Waals surface area contributed by atoms with E-state index in [2.05, 4.69) is 12.2 Å². The molecule has 0 saturated carbocycles. The SMILES string of the molecule is CCOC(=O)NC(=S)N1CCC(C)CC1. The number of carbonyl (C=O) groups excluding carboxylic acids is 1. The van der Waals surface area contributed by atoms with Crippen molar-refractivity contribution in [3.05, 3.63) is 0 Å². The minimum Gasteiger partial charge on any atom is -0.450 e. The number of likely N-dealkylation sites (tertiary alicyclic amines) is 1. The molecule has 86 valence electrons. The number of amides is 1. The van der Waals surface area contributed by atoms with Gasteiger partial charge in [0.25, 0.3) is 0 Å². The summed E-state index contributed by atoms with van der Waals surface area (Å²) in [7, 11) is 0. The smallest absolute Gasteiger partial charge is 0.413 e. The second-order valence-corrected chi connectivity index (χ2v) is 4.21. The Morgan fingerprint density at radius 3 is 2.67 bits per heavy atom. The average molecular weight is 230 g/mol. The molecule has 0 atom stereocenters. The van der Waals surface area contributed by atoms with Gasteiger partial charge in [-0.05, 0) is 37.9 Å². The Hall–Kier alpha value is -0.840. The summed E-state index contributed by atoms with van der Waals surface area (Å²) in [6.07, 6.45) is 1.80. The number of hydrogen-bond donors (Lipinski definition) is 1.